The Kier molecular flexibility index (Phi) is 6.98. The molecule has 0 radical (unpaired) electrons. The van der Waals surface area contributed by atoms with Gasteiger partial charge in [0.2, 0.25) is 9.84 Å². The SMILES string of the molecule is O=S(=O)(C[NH+]=C(NC(=S)Nc1ccc(Cl)cc1)c1ccccc1)c1ccccc1. The first-order valence-electron chi connectivity index (χ1n) is 8.72. The second kappa shape index (κ2) is 9.65. The van der Waals surface area contributed by atoms with Gasteiger partial charge in [-0.3, -0.25) is 4.99 Å². The Morgan fingerprint density at radius 3 is 2.10 bits per heavy atom. The van der Waals surface area contributed by atoms with Crippen LogP contribution in [0.3, 0.4) is 0 Å². The fraction of sp³-hybridized carbons (Fsp3) is 0.0476. The largest absolute Gasteiger partial charge is 0.313 e. The van der Waals surface area contributed by atoms with E-state index in [-0.39, 0.29) is 10.8 Å². The molecule has 0 amide bonds. The van der Waals surface area contributed by atoms with Crippen LogP contribution in [0.4, 0.5) is 5.69 Å². The van der Waals surface area contributed by atoms with E-state index in [4.69, 9.17) is 23.8 Å². The van der Waals surface area contributed by atoms with Crippen molar-refractivity contribution >= 4 is 50.3 Å². The van der Waals surface area contributed by atoms with Gasteiger partial charge in [-0.1, -0.05) is 48.0 Å². The van der Waals surface area contributed by atoms with Crippen LogP contribution in [0.25, 0.3) is 0 Å². The molecule has 3 aromatic rings. The summed E-state index contributed by atoms with van der Waals surface area (Å²) in [4.78, 5) is 3.22. The van der Waals surface area contributed by atoms with Crippen molar-refractivity contribution in [3.63, 3.8) is 0 Å². The highest BCUT2D eigenvalue weighted by atomic mass is 35.5. The van der Waals surface area contributed by atoms with Gasteiger partial charge in [0.1, 0.15) is 0 Å². The molecule has 29 heavy (non-hydrogen) atoms. The Bertz CT molecular complexity index is 1100. The fourth-order valence-electron chi connectivity index (χ4n) is 2.51. The first-order valence-corrected chi connectivity index (χ1v) is 11.2. The number of rotatable bonds is 5. The lowest BCUT2D eigenvalue weighted by molar-refractivity contribution is -0.434. The second-order valence-electron chi connectivity index (χ2n) is 6.08. The summed E-state index contributed by atoms with van der Waals surface area (Å²) in [7, 11) is -3.51. The van der Waals surface area contributed by atoms with Crippen molar-refractivity contribution in [3.05, 3.63) is 95.5 Å². The van der Waals surface area contributed by atoms with Crippen LogP contribution in [0.1, 0.15) is 5.56 Å². The lowest BCUT2D eigenvalue weighted by Crippen LogP contribution is -2.78. The van der Waals surface area contributed by atoms with Crippen molar-refractivity contribution in [2.75, 3.05) is 11.2 Å². The van der Waals surface area contributed by atoms with Gasteiger partial charge in [-0.25, -0.2) is 13.7 Å². The Morgan fingerprint density at radius 1 is 0.897 bits per heavy atom. The third-order valence-electron chi connectivity index (χ3n) is 3.94. The Hall–Kier alpha value is -2.74. The highest BCUT2D eigenvalue weighted by molar-refractivity contribution is 7.91. The number of hydrogen-bond acceptors (Lipinski definition) is 3. The molecule has 0 unspecified atom stereocenters. The number of hydrogen-bond donors (Lipinski definition) is 3. The van der Waals surface area contributed by atoms with Gasteiger partial charge < -0.3 is 5.32 Å². The third kappa shape index (κ3) is 6.12. The molecule has 0 aliphatic carbocycles. The summed E-state index contributed by atoms with van der Waals surface area (Å²) < 4.78 is 25.2. The number of halogens is 1. The van der Waals surface area contributed by atoms with E-state index < -0.39 is 9.84 Å². The molecular formula is C21H19ClN3O2S2+. The molecule has 0 aromatic heterocycles. The number of nitrogens with one attached hydrogen (secondary N) is 3. The van der Waals surface area contributed by atoms with E-state index in [1.54, 1.807) is 54.6 Å². The quantitative estimate of drug-likeness (QED) is 0.320. The van der Waals surface area contributed by atoms with Crippen LogP contribution < -0.4 is 15.6 Å². The van der Waals surface area contributed by atoms with Crippen LogP contribution in [0, 0.1) is 0 Å². The van der Waals surface area contributed by atoms with Gasteiger partial charge in [-0.05, 0) is 60.7 Å². The summed E-state index contributed by atoms with van der Waals surface area (Å²) in [6.45, 7) is 0. The van der Waals surface area contributed by atoms with E-state index in [2.05, 4.69) is 15.6 Å². The van der Waals surface area contributed by atoms with E-state index in [0.29, 0.717) is 16.0 Å². The Labute approximate surface area is 180 Å². The molecule has 5 nitrogen and oxygen atoms in total. The van der Waals surface area contributed by atoms with E-state index in [9.17, 15) is 8.42 Å². The molecule has 0 fully saturated rings. The lowest BCUT2D eigenvalue weighted by atomic mass is 10.2. The summed E-state index contributed by atoms with van der Waals surface area (Å²) in [5.74, 6) is 0.203. The van der Waals surface area contributed by atoms with E-state index in [0.717, 1.165) is 11.3 Å². The van der Waals surface area contributed by atoms with Gasteiger partial charge in [0, 0.05) is 10.7 Å². The average Bonchev–Trinajstić information content (AvgIpc) is 2.74. The smallest absolute Gasteiger partial charge is 0.282 e. The first kappa shape index (κ1) is 21.0. The predicted octanol–water partition coefficient (Wildman–Crippen LogP) is 2.59. The van der Waals surface area contributed by atoms with Crippen LogP contribution in [0.2, 0.25) is 5.02 Å². The normalized spacial score (nSPS) is 11.7. The molecule has 3 N–H and O–H groups in total. The van der Waals surface area contributed by atoms with Gasteiger partial charge in [0.25, 0.3) is 10.9 Å². The fourth-order valence-corrected chi connectivity index (χ4v) is 3.93. The predicted molar refractivity (Wildman–Crippen MR) is 121 cm³/mol. The summed E-state index contributed by atoms with van der Waals surface area (Å²) in [5.41, 5.74) is 1.53. The number of anilines is 1. The zero-order valence-corrected chi connectivity index (χ0v) is 17.7. The van der Waals surface area contributed by atoms with E-state index >= 15 is 0 Å². The van der Waals surface area contributed by atoms with Crippen molar-refractivity contribution in [1.82, 2.24) is 5.32 Å². The zero-order valence-electron chi connectivity index (χ0n) is 15.3. The molecule has 3 rings (SSSR count). The number of benzene rings is 3. The van der Waals surface area contributed by atoms with Gasteiger partial charge >= 0.3 is 0 Å². The maximum Gasteiger partial charge on any atom is 0.282 e. The summed E-state index contributed by atoms with van der Waals surface area (Å²) in [5, 5.41) is 7.04. The molecule has 8 heteroatoms. The monoisotopic (exact) mass is 444 g/mol. The van der Waals surface area contributed by atoms with E-state index in [1.807, 2.05) is 30.3 Å². The Morgan fingerprint density at radius 2 is 1.48 bits per heavy atom. The van der Waals surface area contributed by atoms with Crippen LogP contribution in [-0.2, 0) is 9.84 Å². The average molecular weight is 445 g/mol. The van der Waals surface area contributed by atoms with Crippen LogP contribution in [0.15, 0.2) is 89.8 Å². The summed E-state index contributed by atoms with van der Waals surface area (Å²) in [6, 6.07) is 24.7. The molecule has 0 aliphatic heterocycles. The summed E-state index contributed by atoms with van der Waals surface area (Å²) >= 11 is 11.3. The molecule has 3 aromatic carbocycles. The van der Waals surface area contributed by atoms with Gasteiger partial charge in [-0.2, -0.15) is 0 Å². The minimum Gasteiger partial charge on any atom is -0.313 e. The standard InChI is InChI=1S/C21H18ClN3O2S2/c22-17-11-13-18(14-12-17)24-21(28)25-20(16-7-3-1-4-8-16)23-15-29(26,27)19-9-5-2-6-10-19/h1-14H,15H2,(H2,23,24,25,28)/p+1. The highest BCUT2D eigenvalue weighted by Crippen LogP contribution is 2.13. The third-order valence-corrected chi connectivity index (χ3v) is 5.92. The van der Waals surface area contributed by atoms with Crippen LogP contribution in [-0.4, -0.2) is 25.2 Å². The molecule has 148 valence electrons. The minimum atomic E-state index is -3.51. The molecule has 0 saturated carbocycles. The molecule has 0 atom stereocenters. The van der Waals surface area contributed by atoms with Crippen LogP contribution >= 0.6 is 23.8 Å². The Balaban J connectivity index is 1.80. The zero-order chi connectivity index (χ0) is 20.7. The second-order valence-corrected chi connectivity index (χ2v) is 8.91. The molecule has 0 spiro atoms. The molecule has 0 heterocycles. The molecular weight excluding hydrogens is 426 g/mol. The first-order chi connectivity index (χ1) is 13.9. The topological polar surface area (TPSA) is 72.2 Å². The summed E-state index contributed by atoms with van der Waals surface area (Å²) in [6.07, 6.45) is 0. The van der Waals surface area contributed by atoms with Crippen molar-refractivity contribution < 1.29 is 13.4 Å². The van der Waals surface area contributed by atoms with Gasteiger partial charge in [-0.15, -0.1) is 0 Å². The van der Waals surface area contributed by atoms with E-state index in [1.165, 1.54) is 0 Å². The van der Waals surface area contributed by atoms with Crippen LogP contribution in [0.5, 0.6) is 0 Å². The van der Waals surface area contributed by atoms with Crippen molar-refractivity contribution in [2.45, 2.75) is 4.90 Å². The number of sulfone groups is 1. The maximum absolute atomic E-state index is 12.6. The number of amidine groups is 1. The van der Waals surface area contributed by atoms with Crippen molar-refractivity contribution in [2.24, 2.45) is 0 Å². The highest BCUT2D eigenvalue weighted by Gasteiger charge is 2.18. The van der Waals surface area contributed by atoms with Crippen molar-refractivity contribution in [1.29, 1.82) is 0 Å². The number of thiocarbonyl (C=S) groups is 1. The lowest BCUT2D eigenvalue weighted by Gasteiger charge is -2.08. The van der Waals surface area contributed by atoms with Gasteiger partial charge in [0.05, 0.1) is 10.5 Å². The van der Waals surface area contributed by atoms with Crippen molar-refractivity contribution in [3.8, 4) is 0 Å². The minimum absolute atomic E-state index is 0.252. The molecule has 0 saturated heterocycles. The maximum atomic E-state index is 12.6. The molecule has 0 bridgehead atoms. The molecule has 0 aliphatic rings. The van der Waals surface area contributed by atoms with Gasteiger partial charge in [0.15, 0.2) is 5.88 Å².